The summed E-state index contributed by atoms with van der Waals surface area (Å²) in [7, 11) is 5.91. The van der Waals surface area contributed by atoms with E-state index in [4.69, 9.17) is 18.9 Å². The molecule has 0 N–H and O–H groups in total. The van der Waals surface area contributed by atoms with Crippen LogP contribution in [0.3, 0.4) is 0 Å². The summed E-state index contributed by atoms with van der Waals surface area (Å²) in [6, 6.07) is 0. The highest BCUT2D eigenvalue weighted by Crippen LogP contribution is 2.17. The van der Waals surface area contributed by atoms with Gasteiger partial charge in [0.1, 0.15) is 13.2 Å². The molecule has 2 unspecified atom stereocenters. The normalized spacial score (nSPS) is 13.1. The van der Waals surface area contributed by atoms with E-state index in [1.807, 2.05) is 21.1 Å². The maximum absolute atomic E-state index is 12.8. The predicted octanol–water partition coefficient (Wildman–Crippen LogP) is 17.5. The number of carbonyl (C=O) groups excluding carboxylic acids is 3. The zero-order valence-electron chi connectivity index (χ0n) is 49.7. The highest BCUT2D eigenvalue weighted by molar-refractivity contribution is 5.70. The van der Waals surface area contributed by atoms with Crippen LogP contribution in [0.2, 0.25) is 0 Å². The summed E-state index contributed by atoms with van der Waals surface area (Å²) in [5.74, 6) is -2.31. The van der Waals surface area contributed by atoms with Crippen molar-refractivity contribution in [3.63, 3.8) is 0 Å². The van der Waals surface area contributed by atoms with E-state index in [0.717, 1.165) is 70.6 Å². The second-order valence-corrected chi connectivity index (χ2v) is 22.3. The van der Waals surface area contributed by atoms with Crippen molar-refractivity contribution in [2.75, 3.05) is 47.5 Å². The van der Waals surface area contributed by atoms with Crippen LogP contribution in [-0.4, -0.2) is 82.3 Å². The number of unbranched alkanes of at least 4 members (excludes halogenated alkanes) is 33. The minimum atomic E-state index is -1.63. The summed E-state index contributed by atoms with van der Waals surface area (Å²) in [6.45, 7) is 4.63. The summed E-state index contributed by atoms with van der Waals surface area (Å²) in [4.78, 5) is 37.3. The second-order valence-electron chi connectivity index (χ2n) is 22.3. The summed E-state index contributed by atoms with van der Waals surface area (Å²) in [5.41, 5.74) is 0. The van der Waals surface area contributed by atoms with E-state index in [1.165, 1.54) is 180 Å². The number of esters is 2. The van der Waals surface area contributed by atoms with Crippen molar-refractivity contribution in [2.45, 2.75) is 296 Å². The fourth-order valence-corrected chi connectivity index (χ4v) is 8.94. The zero-order valence-corrected chi connectivity index (χ0v) is 49.7. The van der Waals surface area contributed by atoms with Gasteiger partial charge in [-0.3, -0.25) is 9.59 Å². The van der Waals surface area contributed by atoms with Crippen molar-refractivity contribution in [3.05, 3.63) is 60.8 Å². The van der Waals surface area contributed by atoms with E-state index < -0.39 is 24.3 Å². The molecule has 0 aromatic rings. The van der Waals surface area contributed by atoms with Crippen LogP contribution in [0.1, 0.15) is 284 Å². The summed E-state index contributed by atoms with van der Waals surface area (Å²) >= 11 is 0. The van der Waals surface area contributed by atoms with Crippen LogP contribution >= 0.6 is 0 Å². The first-order chi connectivity index (χ1) is 36.6. The molecule has 0 fully saturated rings. The number of carbonyl (C=O) groups is 3. The summed E-state index contributed by atoms with van der Waals surface area (Å²) in [6.07, 6.45) is 70.2. The molecule has 0 amide bonds. The third kappa shape index (κ3) is 58.5. The van der Waals surface area contributed by atoms with Crippen molar-refractivity contribution in [3.8, 4) is 0 Å². The molecule has 0 radical (unpaired) electrons. The molecule has 0 aliphatic carbocycles. The molecule has 0 saturated carbocycles. The van der Waals surface area contributed by atoms with Gasteiger partial charge in [0, 0.05) is 12.8 Å². The van der Waals surface area contributed by atoms with E-state index in [2.05, 4.69) is 74.6 Å². The Kier molecular flexibility index (Phi) is 54.9. The molecule has 436 valence electrons. The highest BCUT2D eigenvalue weighted by Gasteiger charge is 2.22. The Hall–Kier alpha value is -3.01. The number of hydrogen-bond acceptors (Lipinski definition) is 8. The molecule has 0 spiro atoms. The first-order valence-electron chi connectivity index (χ1n) is 31.4. The maximum atomic E-state index is 12.8. The number of ether oxygens (including phenoxy) is 4. The number of nitrogens with zero attached hydrogens (tertiary/aromatic N) is 1. The SMILES string of the molecule is CC/C=C\C/C=C\C/C=C\C/C=C\CCCCCCC(=O)OC(COC(=O)CCCCCCCCCCCCCCCCCCCCCCC/C=C\CCCCCCCCCC)COC(OCC[N+](C)(C)C)C(=O)[O-]. The standard InChI is InChI=1S/C66H119NO8/c1-6-8-10-12-14-16-18-20-22-24-25-26-27-28-29-30-31-32-33-34-35-36-37-38-39-41-42-44-46-48-50-52-54-56-63(68)73-60-62(61-74-66(65(70)71)72-59-58-67(3,4)5)75-64(69)57-55-53-51-49-47-45-43-40-23-21-19-17-15-13-11-9-7-2/h9,11,15,17,21,23-25,43,45,62,66H,6-8,10,12-14,16,18-20,22,26-42,44,46-61H2,1-5H3/b11-9-,17-15-,23-21-,25-24-,45-43-. The van der Waals surface area contributed by atoms with Crippen molar-refractivity contribution in [2.24, 2.45) is 0 Å². The molecule has 0 rings (SSSR count). The van der Waals surface area contributed by atoms with Gasteiger partial charge >= 0.3 is 11.9 Å². The highest BCUT2D eigenvalue weighted by atomic mass is 16.7. The predicted molar refractivity (Wildman–Crippen MR) is 315 cm³/mol. The number of quaternary nitrogens is 1. The van der Waals surface area contributed by atoms with Gasteiger partial charge in [-0.15, -0.1) is 0 Å². The fourth-order valence-electron chi connectivity index (χ4n) is 8.94. The molecule has 0 aliphatic heterocycles. The number of hydrogen-bond donors (Lipinski definition) is 0. The Bertz CT molecular complexity index is 1410. The van der Waals surface area contributed by atoms with Gasteiger partial charge in [-0.2, -0.15) is 0 Å². The van der Waals surface area contributed by atoms with Gasteiger partial charge in [-0.1, -0.05) is 254 Å². The Balaban J connectivity index is 4.07. The molecule has 0 aromatic carbocycles. The minimum absolute atomic E-state index is 0.142. The number of allylic oxidation sites excluding steroid dienone is 10. The Labute approximate surface area is 463 Å². The summed E-state index contributed by atoms with van der Waals surface area (Å²) in [5, 5.41) is 11.8. The number of aliphatic carboxylic acids is 1. The van der Waals surface area contributed by atoms with Crippen LogP contribution < -0.4 is 5.11 Å². The lowest BCUT2D eigenvalue weighted by atomic mass is 10.0. The first-order valence-corrected chi connectivity index (χ1v) is 31.4. The lowest BCUT2D eigenvalue weighted by molar-refractivity contribution is -0.870. The number of likely N-dealkylation sites (N-methyl/N-ethyl adjacent to an activating group) is 1. The first kappa shape index (κ1) is 72.0. The topological polar surface area (TPSA) is 111 Å². The second kappa shape index (κ2) is 57.2. The van der Waals surface area contributed by atoms with Gasteiger partial charge in [0.15, 0.2) is 12.4 Å². The fraction of sp³-hybridized carbons (Fsp3) is 0.803. The molecule has 0 heterocycles. The van der Waals surface area contributed by atoms with Crippen molar-refractivity contribution < 1.29 is 42.9 Å². The van der Waals surface area contributed by atoms with Crippen molar-refractivity contribution >= 4 is 17.9 Å². The third-order valence-electron chi connectivity index (χ3n) is 13.7. The smallest absolute Gasteiger partial charge is 0.306 e. The zero-order chi connectivity index (χ0) is 54.8. The average molecular weight is 1050 g/mol. The van der Waals surface area contributed by atoms with Gasteiger partial charge in [0.2, 0.25) is 0 Å². The number of carboxylic acids is 1. The Morgan fingerprint density at radius 3 is 1.15 bits per heavy atom. The average Bonchev–Trinajstić information content (AvgIpc) is 3.38. The molecule has 9 nitrogen and oxygen atoms in total. The lowest BCUT2D eigenvalue weighted by Crippen LogP contribution is -2.44. The monoisotopic (exact) mass is 1050 g/mol. The van der Waals surface area contributed by atoms with Gasteiger partial charge in [-0.25, -0.2) is 0 Å². The van der Waals surface area contributed by atoms with Crippen molar-refractivity contribution in [1.82, 2.24) is 0 Å². The molecule has 0 aromatic heterocycles. The van der Waals surface area contributed by atoms with E-state index in [1.54, 1.807) is 0 Å². The number of carboxylic acid groups (broad SMARTS) is 1. The third-order valence-corrected chi connectivity index (χ3v) is 13.7. The molecule has 0 saturated heterocycles. The quantitative estimate of drug-likeness (QED) is 0.0195. The van der Waals surface area contributed by atoms with Crippen LogP contribution in [0.25, 0.3) is 0 Å². The molecule has 0 bridgehead atoms. The van der Waals surface area contributed by atoms with Gasteiger partial charge in [0.05, 0.1) is 40.3 Å². The maximum Gasteiger partial charge on any atom is 0.306 e. The largest absolute Gasteiger partial charge is 0.545 e. The summed E-state index contributed by atoms with van der Waals surface area (Å²) < 4.78 is 22.7. The van der Waals surface area contributed by atoms with Crippen LogP contribution in [0.15, 0.2) is 60.8 Å². The molecule has 9 heteroatoms. The molecule has 0 aliphatic rings. The van der Waals surface area contributed by atoms with Crippen molar-refractivity contribution in [1.29, 1.82) is 0 Å². The van der Waals surface area contributed by atoms with Crippen LogP contribution in [0.5, 0.6) is 0 Å². The minimum Gasteiger partial charge on any atom is -0.545 e. The van der Waals surface area contributed by atoms with Gasteiger partial charge in [-0.05, 0) is 77.0 Å². The van der Waals surface area contributed by atoms with E-state index in [0.29, 0.717) is 17.4 Å². The van der Waals surface area contributed by atoms with Crippen LogP contribution in [0, 0.1) is 0 Å². The number of rotatable bonds is 58. The van der Waals surface area contributed by atoms with Gasteiger partial charge < -0.3 is 33.3 Å². The van der Waals surface area contributed by atoms with Crippen LogP contribution in [0.4, 0.5) is 0 Å². The Morgan fingerprint density at radius 1 is 0.413 bits per heavy atom. The molecular weight excluding hydrogens is 935 g/mol. The van der Waals surface area contributed by atoms with E-state index >= 15 is 0 Å². The van der Waals surface area contributed by atoms with Gasteiger partial charge in [0.25, 0.3) is 0 Å². The van der Waals surface area contributed by atoms with E-state index in [9.17, 15) is 19.5 Å². The molecule has 75 heavy (non-hydrogen) atoms. The van der Waals surface area contributed by atoms with E-state index in [-0.39, 0.29) is 38.6 Å². The Morgan fingerprint density at radius 2 is 0.760 bits per heavy atom. The lowest BCUT2D eigenvalue weighted by Gasteiger charge is -2.26. The van der Waals surface area contributed by atoms with Crippen LogP contribution in [-0.2, 0) is 33.3 Å². The molecular formula is C66H119NO8. The molecule has 2 atom stereocenters.